The highest BCUT2D eigenvalue weighted by molar-refractivity contribution is 7.10. The molecular weight excluding hydrogens is 276 g/mol. The van der Waals surface area contributed by atoms with Gasteiger partial charge in [-0.15, -0.1) is 22.7 Å². The van der Waals surface area contributed by atoms with Gasteiger partial charge in [-0.3, -0.25) is 0 Å². The van der Waals surface area contributed by atoms with Gasteiger partial charge in [0.2, 0.25) is 0 Å². The first-order valence-corrected chi connectivity index (χ1v) is 7.91. The van der Waals surface area contributed by atoms with Crippen molar-refractivity contribution in [1.82, 2.24) is 0 Å². The molecular formula is C15H16O2S2. The summed E-state index contributed by atoms with van der Waals surface area (Å²) in [6.07, 6.45) is 1.51. The third-order valence-electron chi connectivity index (χ3n) is 2.44. The first-order valence-electron chi connectivity index (χ1n) is 6.16. The summed E-state index contributed by atoms with van der Waals surface area (Å²) < 4.78 is 5.66. The molecule has 0 saturated carbocycles. The minimum atomic E-state index is 0.121. The van der Waals surface area contributed by atoms with Crippen LogP contribution >= 0.6 is 22.7 Å². The Hall–Kier alpha value is -1.12. The standard InChI is InChI=1S/C15H16O2S2/c16-7-2-1-4-13-10-15(19-12-13)11-17-8-6-14-5-3-9-18-14/h3,5,9-10,12,16H,2,6-8,11H2. The van der Waals surface area contributed by atoms with Crippen LogP contribution in [0.15, 0.2) is 29.0 Å². The van der Waals surface area contributed by atoms with Crippen LogP contribution in [0.1, 0.15) is 21.7 Å². The maximum atomic E-state index is 8.65. The summed E-state index contributed by atoms with van der Waals surface area (Å²) in [4.78, 5) is 2.56. The Morgan fingerprint density at radius 1 is 1.26 bits per heavy atom. The van der Waals surface area contributed by atoms with E-state index in [1.165, 1.54) is 9.75 Å². The van der Waals surface area contributed by atoms with Crippen LogP contribution in [0.25, 0.3) is 0 Å². The lowest BCUT2D eigenvalue weighted by Crippen LogP contribution is -1.96. The molecule has 0 atom stereocenters. The topological polar surface area (TPSA) is 29.5 Å². The maximum Gasteiger partial charge on any atom is 0.0809 e. The van der Waals surface area contributed by atoms with E-state index >= 15 is 0 Å². The molecule has 19 heavy (non-hydrogen) atoms. The number of rotatable bonds is 6. The molecule has 0 unspecified atom stereocenters. The molecule has 100 valence electrons. The third kappa shape index (κ3) is 5.17. The second-order valence-electron chi connectivity index (χ2n) is 3.96. The smallest absolute Gasteiger partial charge is 0.0809 e. The predicted octanol–water partition coefficient (Wildman–Crippen LogP) is 3.30. The molecule has 0 radical (unpaired) electrons. The Bertz CT molecular complexity index is 532. The zero-order valence-corrected chi connectivity index (χ0v) is 12.2. The van der Waals surface area contributed by atoms with Gasteiger partial charge >= 0.3 is 0 Å². The number of hydrogen-bond acceptors (Lipinski definition) is 4. The van der Waals surface area contributed by atoms with E-state index in [1.54, 1.807) is 22.7 Å². The Morgan fingerprint density at radius 2 is 2.21 bits per heavy atom. The molecule has 0 aliphatic heterocycles. The molecule has 2 heterocycles. The van der Waals surface area contributed by atoms with Crippen LogP contribution in [0.5, 0.6) is 0 Å². The molecule has 0 aromatic carbocycles. The molecule has 0 aliphatic rings. The highest BCUT2D eigenvalue weighted by atomic mass is 32.1. The highest BCUT2D eigenvalue weighted by Crippen LogP contribution is 2.15. The predicted molar refractivity (Wildman–Crippen MR) is 80.6 cm³/mol. The Kier molecular flexibility index (Phi) is 6.12. The van der Waals surface area contributed by atoms with E-state index in [1.807, 2.05) is 5.38 Å². The van der Waals surface area contributed by atoms with Crippen LogP contribution in [0.2, 0.25) is 0 Å². The molecule has 2 aromatic rings. The van der Waals surface area contributed by atoms with Gasteiger partial charge < -0.3 is 9.84 Å². The minimum absolute atomic E-state index is 0.121. The number of thiophene rings is 2. The van der Waals surface area contributed by atoms with E-state index in [2.05, 4.69) is 35.4 Å². The summed E-state index contributed by atoms with van der Waals surface area (Å²) in [6.45, 7) is 1.53. The van der Waals surface area contributed by atoms with Gasteiger partial charge in [0.1, 0.15) is 0 Å². The lowest BCUT2D eigenvalue weighted by molar-refractivity contribution is 0.126. The van der Waals surface area contributed by atoms with Crippen LogP contribution in [0, 0.1) is 11.8 Å². The first-order chi connectivity index (χ1) is 9.38. The van der Waals surface area contributed by atoms with Gasteiger partial charge in [-0.25, -0.2) is 0 Å². The first kappa shape index (κ1) is 14.3. The van der Waals surface area contributed by atoms with E-state index in [-0.39, 0.29) is 6.61 Å². The van der Waals surface area contributed by atoms with Crippen LogP contribution in [-0.2, 0) is 17.8 Å². The van der Waals surface area contributed by atoms with Gasteiger partial charge in [-0.2, -0.15) is 0 Å². The molecule has 2 nitrogen and oxygen atoms in total. The quantitative estimate of drug-likeness (QED) is 0.654. The van der Waals surface area contributed by atoms with Crippen molar-refractivity contribution < 1.29 is 9.84 Å². The van der Waals surface area contributed by atoms with Crippen molar-refractivity contribution in [3.05, 3.63) is 44.3 Å². The van der Waals surface area contributed by atoms with Crippen molar-refractivity contribution in [1.29, 1.82) is 0 Å². The van der Waals surface area contributed by atoms with Gasteiger partial charge in [0.25, 0.3) is 0 Å². The highest BCUT2D eigenvalue weighted by Gasteiger charge is 1.99. The summed E-state index contributed by atoms with van der Waals surface area (Å²) in [5.74, 6) is 5.94. The van der Waals surface area contributed by atoms with Gasteiger partial charge in [-0.05, 0) is 17.5 Å². The van der Waals surface area contributed by atoms with Crippen LogP contribution in [-0.4, -0.2) is 18.3 Å². The van der Waals surface area contributed by atoms with Crippen LogP contribution in [0.3, 0.4) is 0 Å². The van der Waals surface area contributed by atoms with Crippen molar-refractivity contribution >= 4 is 22.7 Å². The van der Waals surface area contributed by atoms with Crippen molar-refractivity contribution in [3.63, 3.8) is 0 Å². The lowest BCUT2D eigenvalue weighted by Gasteiger charge is -2.00. The summed E-state index contributed by atoms with van der Waals surface area (Å²) in [6, 6.07) is 6.25. The molecule has 2 rings (SSSR count). The van der Waals surface area contributed by atoms with E-state index in [4.69, 9.17) is 9.84 Å². The van der Waals surface area contributed by atoms with Crippen LogP contribution in [0.4, 0.5) is 0 Å². The Morgan fingerprint density at radius 3 is 3.00 bits per heavy atom. The SMILES string of the molecule is OCCC#Cc1csc(COCCc2cccs2)c1. The van der Waals surface area contributed by atoms with Crippen molar-refractivity contribution in [2.75, 3.05) is 13.2 Å². The van der Waals surface area contributed by atoms with Gasteiger partial charge in [0.15, 0.2) is 0 Å². The summed E-state index contributed by atoms with van der Waals surface area (Å²) in [5, 5.41) is 12.8. The molecule has 1 N–H and O–H groups in total. The van der Waals surface area contributed by atoms with E-state index in [9.17, 15) is 0 Å². The number of aliphatic hydroxyl groups is 1. The van der Waals surface area contributed by atoms with Crippen molar-refractivity contribution in [3.8, 4) is 11.8 Å². The molecule has 0 saturated heterocycles. The third-order valence-corrected chi connectivity index (χ3v) is 4.29. The Balaban J connectivity index is 1.70. The normalized spacial score (nSPS) is 10.2. The molecule has 0 amide bonds. The minimum Gasteiger partial charge on any atom is -0.395 e. The summed E-state index contributed by atoms with van der Waals surface area (Å²) in [7, 11) is 0. The molecule has 4 heteroatoms. The molecule has 0 aliphatic carbocycles. The van der Waals surface area contributed by atoms with Gasteiger partial charge in [0.05, 0.1) is 19.8 Å². The average molecular weight is 292 g/mol. The van der Waals surface area contributed by atoms with Crippen molar-refractivity contribution in [2.45, 2.75) is 19.4 Å². The number of hydrogen-bond donors (Lipinski definition) is 1. The number of ether oxygens (including phenoxy) is 1. The van der Waals surface area contributed by atoms with Gasteiger partial charge in [0, 0.05) is 33.5 Å². The number of aliphatic hydroxyl groups excluding tert-OH is 1. The fourth-order valence-corrected chi connectivity index (χ4v) is 2.98. The van der Waals surface area contributed by atoms with E-state index in [0.717, 1.165) is 18.6 Å². The van der Waals surface area contributed by atoms with Crippen molar-refractivity contribution in [2.24, 2.45) is 0 Å². The molecule has 2 aromatic heterocycles. The second kappa shape index (κ2) is 8.13. The fourth-order valence-electron chi connectivity index (χ4n) is 1.54. The van der Waals surface area contributed by atoms with E-state index in [0.29, 0.717) is 13.0 Å². The molecule has 0 bridgehead atoms. The Labute approximate surface area is 121 Å². The fraction of sp³-hybridized carbons (Fsp3) is 0.333. The monoisotopic (exact) mass is 292 g/mol. The average Bonchev–Trinajstić information content (AvgIpc) is 3.06. The van der Waals surface area contributed by atoms with E-state index < -0.39 is 0 Å². The van der Waals surface area contributed by atoms with Crippen LogP contribution < -0.4 is 0 Å². The summed E-state index contributed by atoms with van der Waals surface area (Å²) >= 11 is 3.44. The zero-order chi connectivity index (χ0) is 13.3. The molecule has 0 spiro atoms. The maximum absolute atomic E-state index is 8.65. The largest absolute Gasteiger partial charge is 0.395 e. The zero-order valence-electron chi connectivity index (χ0n) is 10.6. The lowest BCUT2D eigenvalue weighted by atomic mass is 10.3. The molecule has 0 fully saturated rings. The van der Waals surface area contributed by atoms with Gasteiger partial charge in [-0.1, -0.05) is 17.9 Å². The second-order valence-corrected chi connectivity index (χ2v) is 5.99. The summed E-state index contributed by atoms with van der Waals surface area (Å²) in [5.41, 5.74) is 1.01.